The molecule has 130 valence electrons. The number of hydrogen-bond acceptors (Lipinski definition) is 7. The number of hydrogen-bond donors (Lipinski definition) is 1. The van der Waals surface area contributed by atoms with E-state index in [0.717, 1.165) is 6.42 Å². The van der Waals surface area contributed by atoms with E-state index < -0.39 is 6.04 Å². The highest BCUT2D eigenvalue weighted by Gasteiger charge is 2.18. The summed E-state index contributed by atoms with van der Waals surface area (Å²) in [6, 6.07) is 2.89. The Balaban J connectivity index is 1.69. The lowest BCUT2D eigenvalue weighted by atomic mass is 10.1. The Kier molecular flexibility index (Phi) is 4.82. The molecule has 0 aliphatic carbocycles. The first-order valence-corrected chi connectivity index (χ1v) is 7.97. The lowest BCUT2D eigenvalue weighted by Gasteiger charge is -2.10. The summed E-state index contributed by atoms with van der Waals surface area (Å²) in [5, 5.41) is 14.2. The van der Waals surface area contributed by atoms with Crippen molar-refractivity contribution in [3.8, 4) is 5.82 Å². The Morgan fingerprint density at radius 2 is 2.04 bits per heavy atom. The van der Waals surface area contributed by atoms with Gasteiger partial charge >= 0.3 is 0 Å². The zero-order chi connectivity index (χ0) is 17.8. The molecule has 0 spiro atoms. The minimum absolute atomic E-state index is 0.257. The van der Waals surface area contributed by atoms with Crippen molar-refractivity contribution in [3.05, 3.63) is 48.3 Å². The molecule has 0 unspecified atom stereocenters. The van der Waals surface area contributed by atoms with Gasteiger partial charge in [0.2, 0.25) is 5.89 Å². The average Bonchev–Trinajstić information content (AvgIpc) is 3.26. The third-order valence-electron chi connectivity index (χ3n) is 3.48. The highest BCUT2D eigenvalue weighted by atomic mass is 16.5. The summed E-state index contributed by atoms with van der Waals surface area (Å²) in [6.07, 6.45) is 5.32. The van der Waals surface area contributed by atoms with E-state index >= 15 is 0 Å². The van der Waals surface area contributed by atoms with Crippen LogP contribution in [0.3, 0.4) is 0 Å². The molecular formula is C16H19N7O2. The molecule has 0 aliphatic rings. The normalized spacial score (nSPS) is 12.3. The molecule has 3 aromatic rings. The molecule has 9 heteroatoms. The van der Waals surface area contributed by atoms with Crippen LogP contribution < -0.4 is 5.32 Å². The van der Waals surface area contributed by atoms with Crippen LogP contribution in [0.1, 0.15) is 48.9 Å². The van der Waals surface area contributed by atoms with Crippen molar-refractivity contribution < 1.29 is 9.32 Å². The predicted molar refractivity (Wildman–Crippen MR) is 87.9 cm³/mol. The number of rotatable bonds is 6. The van der Waals surface area contributed by atoms with Crippen molar-refractivity contribution in [1.82, 2.24) is 35.2 Å². The van der Waals surface area contributed by atoms with E-state index in [1.165, 1.54) is 12.7 Å². The maximum absolute atomic E-state index is 12.5. The Morgan fingerprint density at radius 3 is 2.76 bits per heavy atom. The molecule has 0 aliphatic heterocycles. The molecule has 0 aromatic carbocycles. The van der Waals surface area contributed by atoms with Gasteiger partial charge in [0, 0.05) is 18.2 Å². The third kappa shape index (κ3) is 4.06. The lowest BCUT2D eigenvalue weighted by Crippen LogP contribution is -2.27. The summed E-state index contributed by atoms with van der Waals surface area (Å²) < 4.78 is 6.86. The monoisotopic (exact) mass is 341 g/mol. The Hall–Kier alpha value is -3.10. The molecule has 0 radical (unpaired) electrons. The molecule has 25 heavy (non-hydrogen) atoms. The highest BCUT2D eigenvalue weighted by Crippen LogP contribution is 2.13. The molecule has 3 rings (SSSR count). The Morgan fingerprint density at radius 1 is 1.28 bits per heavy atom. The lowest BCUT2D eigenvalue weighted by molar-refractivity contribution is 0.0932. The topological polar surface area (TPSA) is 112 Å². The predicted octanol–water partition coefficient (Wildman–Crippen LogP) is 1.73. The minimum atomic E-state index is -0.396. The standard InChI is InChI=1S/C16H19N7O2/c1-10(2)6-13-21-16(25-22-13)11(3)20-15(24)12-4-5-17-14(7-12)23-8-18-19-9-23/h4-5,7-11H,6H2,1-3H3,(H,20,24)/t11-/m1/s1. The number of nitrogens with zero attached hydrogens (tertiary/aromatic N) is 6. The van der Waals surface area contributed by atoms with Crippen LogP contribution in [0.4, 0.5) is 0 Å². The maximum Gasteiger partial charge on any atom is 0.252 e. The average molecular weight is 341 g/mol. The quantitative estimate of drug-likeness (QED) is 0.726. The summed E-state index contributed by atoms with van der Waals surface area (Å²) in [5.74, 6) is 1.76. The Bertz CT molecular complexity index is 842. The van der Waals surface area contributed by atoms with Crippen LogP contribution in [-0.4, -0.2) is 35.8 Å². The molecule has 3 aromatic heterocycles. The zero-order valence-electron chi connectivity index (χ0n) is 14.2. The fraction of sp³-hybridized carbons (Fsp3) is 0.375. The zero-order valence-corrected chi connectivity index (χ0v) is 14.2. The number of pyridine rings is 1. The maximum atomic E-state index is 12.5. The van der Waals surface area contributed by atoms with E-state index in [1.807, 2.05) is 0 Å². The fourth-order valence-electron chi connectivity index (χ4n) is 2.25. The van der Waals surface area contributed by atoms with Gasteiger partial charge in [-0.3, -0.25) is 9.36 Å². The molecule has 3 heterocycles. The van der Waals surface area contributed by atoms with Gasteiger partial charge < -0.3 is 9.84 Å². The smallest absolute Gasteiger partial charge is 0.252 e. The van der Waals surface area contributed by atoms with Gasteiger partial charge in [0.25, 0.3) is 5.91 Å². The van der Waals surface area contributed by atoms with Gasteiger partial charge in [-0.2, -0.15) is 4.98 Å². The summed E-state index contributed by atoms with van der Waals surface area (Å²) in [7, 11) is 0. The van der Waals surface area contributed by atoms with E-state index in [0.29, 0.717) is 29.0 Å². The molecule has 1 N–H and O–H groups in total. The van der Waals surface area contributed by atoms with Crippen molar-refractivity contribution in [2.45, 2.75) is 33.2 Å². The van der Waals surface area contributed by atoms with Crippen molar-refractivity contribution in [2.24, 2.45) is 5.92 Å². The van der Waals surface area contributed by atoms with E-state index in [2.05, 4.69) is 44.5 Å². The van der Waals surface area contributed by atoms with E-state index in [4.69, 9.17) is 4.52 Å². The number of nitrogens with one attached hydrogen (secondary N) is 1. The van der Waals surface area contributed by atoms with Crippen LogP contribution in [0.15, 0.2) is 35.5 Å². The molecule has 0 bridgehead atoms. The first kappa shape index (κ1) is 16.7. The second kappa shape index (κ2) is 7.20. The molecule has 1 amide bonds. The second-order valence-corrected chi connectivity index (χ2v) is 6.11. The number of carbonyl (C=O) groups excluding carboxylic acids is 1. The fourth-order valence-corrected chi connectivity index (χ4v) is 2.25. The van der Waals surface area contributed by atoms with Crippen molar-refractivity contribution in [3.63, 3.8) is 0 Å². The number of aromatic nitrogens is 6. The van der Waals surface area contributed by atoms with Crippen LogP contribution in [0.25, 0.3) is 5.82 Å². The summed E-state index contributed by atoms with van der Waals surface area (Å²) in [6.45, 7) is 5.96. The van der Waals surface area contributed by atoms with Gasteiger partial charge in [0.1, 0.15) is 24.5 Å². The van der Waals surface area contributed by atoms with E-state index in [-0.39, 0.29) is 5.91 Å². The van der Waals surface area contributed by atoms with Crippen LogP contribution >= 0.6 is 0 Å². The van der Waals surface area contributed by atoms with Crippen LogP contribution in [0.2, 0.25) is 0 Å². The van der Waals surface area contributed by atoms with Gasteiger partial charge in [-0.15, -0.1) is 10.2 Å². The summed E-state index contributed by atoms with van der Waals surface area (Å²) >= 11 is 0. The van der Waals surface area contributed by atoms with Crippen molar-refractivity contribution in [1.29, 1.82) is 0 Å². The van der Waals surface area contributed by atoms with Crippen LogP contribution in [-0.2, 0) is 6.42 Å². The van der Waals surface area contributed by atoms with Gasteiger partial charge in [0.15, 0.2) is 5.82 Å². The van der Waals surface area contributed by atoms with Crippen molar-refractivity contribution >= 4 is 5.91 Å². The molecule has 0 saturated heterocycles. The SMILES string of the molecule is CC(C)Cc1noc([C@@H](C)NC(=O)c2ccnc(-n3cnnc3)c2)n1. The van der Waals surface area contributed by atoms with Crippen LogP contribution in [0.5, 0.6) is 0 Å². The first-order chi connectivity index (χ1) is 12.0. The van der Waals surface area contributed by atoms with Gasteiger partial charge in [-0.25, -0.2) is 4.98 Å². The van der Waals surface area contributed by atoms with E-state index in [1.54, 1.807) is 29.8 Å². The number of carbonyl (C=O) groups is 1. The van der Waals surface area contributed by atoms with Gasteiger partial charge in [-0.05, 0) is 25.0 Å². The third-order valence-corrected chi connectivity index (χ3v) is 3.48. The summed E-state index contributed by atoms with van der Waals surface area (Å²) in [4.78, 5) is 21.0. The molecule has 0 fully saturated rings. The molecule has 1 atom stereocenters. The Labute approximate surface area is 144 Å². The minimum Gasteiger partial charge on any atom is -0.341 e. The van der Waals surface area contributed by atoms with E-state index in [9.17, 15) is 4.79 Å². The molecule has 9 nitrogen and oxygen atoms in total. The molecule has 0 saturated carbocycles. The first-order valence-electron chi connectivity index (χ1n) is 7.97. The second-order valence-electron chi connectivity index (χ2n) is 6.11. The van der Waals surface area contributed by atoms with Gasteiger partial charge in [0.05, 0.1) is 0 Å². The number of amides is 1. The van der Waals surface area contributed by atoms with Gasteiger partial charge in [-0.1, -0.05) is 19.0 Å². The highest BCUT2D eigenvalue weighted by molar-refractivity contribution is 5.94. The van der Waals surface area contributed by atoms with Crippen molar-refractivity contribution in [2.75, 3.05) is 0 Å². The molecular weight excluding hydrogens is 322 g/mol. The summed E-state index contributed by atoms with van der Waals surface area (Å²) in [5.41, 5.74) is 0.465. The van der Waals surface area contributed by atoms with Crippen LogP contribution in [0, 0.1) is 5.92 Å². The largest absolute Gasteiger partial charge is 0.341 e.